The molecule has 1 aromatic heterocycles. The number of hydrogen-bond acceptors (Lipinski definition) is 1. The van der Waals surface area contributed by atoms with Crippen LogP contribution in [-0.4, -0.2) is 0 Å². The molecule has 0 aliphatic carbocycles. The molecule has 2 aromatic rings. The first-order valence-electron chi connectivity index (χ1n) is 10.9. The van der Waals surface area contributed by atoms with Gasteiger partial charge in [0.05, 0.1) is 11.1 Å². The van der Waals surface area contributed by atoms with E-state index in [0.29, 0.717) is 0 Å². The second kappa shape index (κ2) is 11.9. The van der Waals surface area contributed by atoms with Crippen LogP contribution in [0.4, 0.5) is 5.69 Å². The lowest BCUT2D eigenvalue weighted by molar-refractivity contribution is -0.677. The van der Waals surface area contributed by atoms with Crippen molar-refractivity contribution in [3.63, 3.8) is 0 Å². The number of unbranched alkanes of at least 4 members (excludes halogenated alkanes) is 11. The number of nitrogens with two attached hydrogens (primary N) is 1. The van der Waals surface area contributed by atoms with Crippen LogP contribution in [0, 0.1) is 6.92 Å². The lowest BCUT2D eigenvalue weighted by Crippen LogP contribution is -2.38. The molecule has 0 bridgehead atoms. The number of para-hydroxylation sites is 1. The van der Waals surface area contributed by atoms with Crippen LogP contribution in [-0.2, 0) is 6.54 Å². The van der Waals surface area contributed by atoms with Gasteiger partial charge in [0.1, 0.15) is 6.54 Å². The van der Waals surface area contributed by atoms with Gasteiger partial charge in [-0.1, -0.05) is 83.3 Å². The summed E-state index contributed by atoms with van der Waals surface area (Å²) in [5.74, 6) is 0. The molecule has 2 rings (SSSR count). The molecule has 0 aliphatic heterocycles. The van der Waals surface area contributed by atoms with Crippen molar-refractivity contribution in [2.24, 2.45) is 0 Å². The Morgan fingerprint density at radius 3 is 1.92 bits per heavy atom. The van der Waals surface area contributed by atoms with Crippen molar-refractivity contribution in [3.05, 3.63) is 36.0 Å². The number of aromatic nitrogens is 1. The third-order valence-electron chi connectivity index (χ3n) is 5.53. The van der Waals surface area contributed by atoms with Crippen molar-refractivity contribution >= 4 is 16.6 Å². The van der Waals surface area contributed by atoms with E-state index in [-0.39, 0.29) is 0 Å². The Balaban J connectivity index is 1.61. The molecule has 0 atom stereocenters. The van der Waals surface area contributed by atoms with E-state index in [4.69, 9.17) is 5.73 Å². The van der Waals surface area contributed by atoms with Crippen LogP contribution < -0.4 is 10.3 Å². The zero-order chi connectivity index (χ0) is 18.6. The molecule has 2 heteroatoms. The highest BCUT2D eigenvalue weighted by atomic mass is 15.0. The molecule has 2 N–H and O–H groups in total. The summed E-state index contributed by atoms with van der Waals surface area (Å²) in [5, 5.41) is 1.18. The number of pyridine rings is 1. The number of nitrogen functional groups attached to an aromatic ring is 1. The molecular weight excluding hydrogens is 316 g/mol. The maximum absolute atomic E-state index is 6.18. The van der Waals surface area contributed by atoms with E-state index in [1.54, 1.807) is 0 Å². The highest BCUT2D eigenvalue weighted by Gasteiger charge is 2.14. The number of benzene rings is 1. The lowest BCUT2D eigenvalue weighted by Gasteiger charge is -2.07. The summed E-state index contributed by atoms with van der Waals surface area (Å²) in [5.41, 5.74) is 9.61. The Hall–Kier alpha value is -1.57. The summed E-state index contributed by atoms with van der Waals surface area (Å²) < 4.78 is 2.43. The van der Waals surface area contributed by atoms with E-state index in [9.17, 15) is 0 Å². The zero-order valence-electron chi connectivity index (χ0n) is 17.1. The summed E-state index contributed by atoms with van der Waals surface area (Å²) in [6.07, 6.45) is 16.8. The zero-order valence-corrected chi connectivity index (χ0v) is 17.1. The predicted molar refractivity (Wildman–Crippen MR) is 114 cm³/mol. The summed E-state index contributed by atoms with van der Waals surface area (Å²) in [4.78, 5) is 0. The van der Waals surface area contributed by atoms with Crippen LogP contribution in [0.5, 0.6) is 0 Å². The van der Waals surface area contributed by atoms with Crippen LogP contribution in [0.2, 0.25) is 0 Å². The van der Waals surface area contributed by atoms with E-state index >= 15 is 0 Å². The van der Waals surface area contributed by atoms with Gasteiger partial charge in [-0.05, 0) is 12.5 Å². The first-order chi connectivity index (χ1) is 12.7. The summed E-state index contributed by atoms with van der Waals surface area (Å²) in [6.45, 7) is 5.56. The SMILES string of the molecule is CCCCCCCCCCCCCC[n+]1c(C)cc(N)c2ccccc21. The second-order valence-corrected chi connectivity index (χ2v) is 7.80. The van der Waals surface area contributed by atoms with Gasteiger partial charge in [-0.2, -0.15) is 4.57 Å². The molecule has 1 aromatic carbocycles. The van der Waals surface area contributed by atoms with Crippen molar-refractivity contribution in [2.75, 3.05) is 5.73 Å². The van der Waals surface area contributed by atoms with Crippen molar-refractivity contribution in [1.29, 1.82) is 0 Å². The van der Waals surface area contributed by atoms with Crippen molar-refractivity contribution in [1.82, 2.24) is 0 Å². The molecule has 0 saturated carbocycles. The number of anilines is 1. The number of fused-ring (bicyclic) bond motifs is 1. The van der Waals surface area contributed by atoms with Gasteiger partial charge in [0.2, 0.25) is 5.52 Å². The standard InChI is InChI=1S/C24H38N2/c1-3-4-5-6-7-8-9-10-11-12-13-16-19-26-21(2)20-23(25)22-17-14-15-18-24(22)26/h14-15,17-18,20,25H,3-13,16,19H2,1-2H3/p+1. The molecule has 0 unspecified atom stereocenters. The largest absolute Gasteiger partial charge is 0.398 e. The fourth-order valence-corrected chi connectivity index (χ4v) is 3.93. The molecular formula is C24H39N2+. The van der Waals surface area contributed by atoms with E-state index in [1.807, 2.05) is 0 Å². The monoisotopic (exact) mass is 355 g/mol. The van der Waals surface area contributed by atoms with E-state index in [0.717, 1.165) is 12.2 Å². The maximum atomic E-state index is 6.18. The second-order valence-electron chi connectivity index (χ2n) is 7.80. The average Bonchev–Trinajstić information content (AvgIpc) is 2.65. The molecule has 0 spiro atoms. The topological polar surface area (TPSA) is 29.9 Å². The molecule has 0 fully saturated rings. The molecule has 0 aliphatic rings. The van der Waals surface area contributed by atoms with Gasteiger partial charge in [-0.25, -0.2) is 0 Å². The first kappa shape index (κ1) is 20.7. The quantitative estimate of drug-likeness (QED) is 0.314. The Morgan fingerprint density at radius 1 is 0.769 bits per heavy atom. The van der Waals surface area contributed by atoms with Crippen molar-refractivity contribution < 1.29 is 4.57 Å². The molecule has 0 radical (unpaired) electrons. The van der Waals surface area contributed by atoms with Crippen LogP contribution in [0.25, 0.3) is 10.9 Å². The van der Waals surface area contributed by atoms with Crippen LogP contribution in [0.1, 0.15) is 89.7 Å². The van der Waals surface area contributed by atoms with E-state index in [1.165, 1.54) is 93.6 Å². The highest BCUT2D eigenvalue weighted by molar-refractivity contribution is 5.87. The third kappa shape index (κ3) is 6.63. The molecule has 26 heavy (non-hydrogen) atoms. The normalized spacial score (nSPS) is 11.3. The summed E-state index contributed by atoms with van der Waals surface area (Å²) in [6, 6.07) is 10.6. The van der Waals surface area contributed by atoms with Gasteiger partial charge in [-0.3, -0.25) is 0 Å². The summed E-state index contributed by atoms with van der Waals surface area (Å²) in [7, 11) is 0. The van der Waals surface area contributed by atoms with Gasteiger partial charge in [0, 0.05) is 25.5 Å². The van der Waals surface area contributed by atoms with Crippen molar-refractivity contribution in [2.45, 2.75) is 97.4 Å². The van der Waals surface area contributed by atoms with Gasteiger partial charge in [0.15, 0.2) is 5.69 Å². The van der Waals surface area contributed by atoms with Crippen molar-refractivity contribution in [3.8, 4) is 0 Å². The lowest BCUT2D eigenvalue weighted by atomic mass is 10.1. The molecule has 2 nitrogen and oxygen atoms in total. The fourth-order valence-electron chi connectivity index (χ4n) is 3.93. The van der Waals surface area contributed by atoms with E-state index < -0.39 is 0 Å². The Labute approximate surface area is 160 Å². The number of aryl methyl sites for hydroxylation is 2. The van der Waals surface area contributed by atoms with Gasteiger partial charge < -0.3 is 5.73 Å². The molecule has 0 saturated heterocycles. The van der Waals surface area contributed by atoms with Crippen LogP contribution in [0.15, 0.2) is 30.3 Å². The minimum Gasteiger partial charge on any atom is -0.398 e. The van der Waals surface area contributed by atoms with Gasteiger partial charge in [-0.15, -0.1) is 0 Å². The number of nitrogens with zero attached hydrogens (tertiary/aromatic N) is 1. The fraction of sp³-hybridized carbons (Fsp3) is 0.625. The maximum Gasteiger partial charge on any atom is 0.214 e. The first-order valence-corrected chi connectivity index (χ1v) is 10.9. The Bertz CT molecular complexity index is 648. The Morgan fingerprint density at radius 2 is 1.31 bits per heavy atom. The third-order valence-corrected chi connectivity index (χ3v) is 5.53. The Kier molecular flexibility index (Phi) is 9.52. The smallest absolute Gasteiger partial charge is 0.214 e. The predicted octanol–water partition coefficient (Wildman–Crippen LogP) is 6.72. The minimum absolute atomic E-state index is 0.893. The van der Waals surface area contributed by atoms with Gasteiger partial charge >= 0.3 is 0 Å². The minimum atomic E-state index is 0.893. The van der Waals surface area contributed by atoms with Gasteiger partial charge in [0.25, 0.3) is 0 Å². The number of rotatable bonds is 13. The average molecular weight is 356 g/mol. The molecule has 144 valence electrons. The summed E-state index contributed by atoms with van der Waals surface area (Å²) >= 11 is 0. The molecule has 0 amide bonds. The molecule has 1 heterocycles. The van der Waals surface area contributed by atoms with Crippen LogP contribution >= 0.6 is 0 Å². The highest BCUT2D eigenvalue weighted by Crippen LogP contribution is 2.19. The number of hydrogen-bond donors (Lipinski definition) is 1. The van der Waals surface area contributed by atoms with Crippen LogP contribution in [0.3, 0.4) is 0 Å². The van der Waals surface area contributed by atoms with E-state index in [2.05, 4.69) is 48.7 Å².